The number of benzene rings is 1. The molecule has 0 N–H and O–H groups in total. The van der Waals surface area contributed by atoms with Gasteiger partial charge in [-0.05, 0) is 67.6 Å². The molecule has 7 rings (SSSR count). The highest BCUT2D eigenvalue weighted by Gasteiger charge is 2.50. The van der Waals surface area contributed by atoms with Gasteiger partial charge in [0.2, 0.25) is 5.91 Å². The number of carbonyl (C=O) groups excluding carboxylic acids is 1. The van der Waals surface area contributed by atoms with Crippen molar-refractivity contribution in [2.45, 2.75) is 57.0 Å². The van der Waals surface area contributed by atoms with E-state index < -0.39 is 17.7 Å². The fourth-order valence-electron chi connectivity index (χ4n) is 5.90. The number of aromatic nitrogens is 3. The van der Waals surface area contributed by atoms with Crippen LogP contribution < -0.4 is 0 Å². The average Bonchev–Trinajstić information content (AvgIpc) is 3.34. The lowest BCUT2D eigenvalue weighted by molar-refractivity contribution is -0.147. The van der Waals surface area contributed by atoms with E-state index in [9.17, 15) is 18.8 Å². The van der Waals surface area contributed by atoms with E-state index >= 15 is 0 Å². The van der Waals surface area contributed by atoms with Gasteiger partial charge in [-0.2, -0.15) is 10.4 Å². The van der Waals surface area contributed by atoms with Gasteiger partial charge in [0.05, 0.1) is 6.04 Å². The van der Waals surface area contributed by atoms with Crippen LogP contribution in [0.3, 0.4) is 0 Å². The third kappa shape index (κ3) is 3.62. The monoisotopic (exact) mass is 450 g/mol. The maximum atomic E-state index is 13.8. The first-order valence-electron chi connectivity index (χ1n) is 11.7. The number of carbonyl (C=O) groups is 1. The highest BCUT2D eigenvalue weighted by atomic mass is 19.1. The summed E-state index contributed by atoms with van der Waals surface area (Å²) in [6.07, 6.45) is 6.98. The third-order valence-electron chi connectivity index (χ3n) is 7.80. The van der Waals surface area contributed by atoms with Crippen molar-refractivity contribution in [3.05, 3.63) is 47.0 Å². The second kappa shape index (κ2) is 7.72. The predicted octanol–water partition coefficient (Wildman–Crippen LogP) is 3.93. The maximum absolute atomic E-state index is 13.8. The largest absolute Gasteiger partial charge is 0.273 e. The second-order valence-corrected chi connectivity index (χ2v) is 9.89. The number of fused-ring (bicyclic) bond motifs is 2. The van der Waals surface area contributed by atoms with E-state index in [-0.39, 0.29) is 23.6 Å². The molecule has 7 nitrogen and oxygen atoms in total. The Labute approximate surface area is 190 Å². The molecule has 4 fully saturated rings. The van der Waals surface area contributed by atoms with E-state index in [1.807, 2.05) is 10.8 Å². The molecular formula is C24H24F2N6O. The van der Waals surface area contributed by atoms with E-state index in [1.165, 1.54) is 17.1 Å². The van der Waals surface area contributed by atoms with Crippen LogP contribution in [0.4, 0.5) is 8.78 Å². The predicted molar refractivity (Wildman–Crippen MR) is 114 cm³/mol. The first-order chi connectivity index (χ1) is 16.0. The summed E-state index contributed by atoms with van der Waals surface area (Å²) in [5.41, 5.74) is 0.429. The number of amides is 1. The van der Waals surface area contributed by atoms with Crippen LogP contribution in [0, 0.1) is 46.6 Å². The van der Waals surface area contributed by atoms with Crippen LogP contribution in [0.15, 0.2) is 23.3 Å². The van der Waals surface area contributed by atoms with E-state index in [4.69, 9.17) is 0 Å². The van der Waals surface area contributed by atoms with Crippen molar-refractivity contribution >= 4 is 12.1 Å². The molecule has 2 heterocycles. The number of hydrazone groups is 1. The lowest BCUT2D eigenvalue weighted by Crippen LogP contribution is -2.49. The number of rotatable bonds is 5. The Morgan fingerprint density at radius 3 is 2.58 bits per heavy atom. The Hall–Kier alpha value is -3.15. The summed E-state index contributed by atoms with van der Waals surface area (Å²) in [5, 5.41) is 19.4. The van der Waals surface area contributed by atoms with Gasteiger partial charge >= 0.3 is 0 Å². The molecule has 170 valence electrons. The van der Waals surface area contributed by atoms with Gasteiger partial charge in [-0.1, -0.05) is 0 Å². The molecule has 4 aliphatic carbocycles. The lowest BCUT2D eigenvalue weighted by atomic mass is 9.55. The molecule has 2 bridgehead atoms. The van der Waals surface area contributed by atoms with Gasteiger partial charge in [-0.25, -0.2) is 23.5 Å². The summed E-state index contributed by atoms with van der Waals surface area (Å²) in [6.45, 7) is 0.670. The lowest BCUT2D eigenvalue weighted by Gasteiger charge is -2.51. The Morgan fingerprint density at radius 1 is 1.12 bits per heavy atom. The molecule has 1 aliphatic heterocycles. The van der Waals surface area contributed by atoms with Gasteiger partial charge in [-0.3, -0.25) is 4.79 Å². The van der Waals surface area contributed by atoms with Crippen molar-refractivity contribution in [1.82, 2.24) is 19.8 Å². The average molecular weight is 450 g/mol. The molecule has 4 saturated carbocycles. The Morgan fingerprint density at radius 2 is 1.88 bits per heavy atom. The molecule has 0 radical (unpaired) electrons. The van der Waals surface area contributed by atoms with Crippen LogP contribution in [0.5, 0.6) is 0 Å². The van der Waals surface area contributed by atoms with Gasteiger partial charge < -0.3 is 0 Å². The minimum atomic E-state index is -0.653. The highest BCUT2D eigenvalue weighted by Crippen LogP contribution is 2.54. The van der Waals surface area contributed by atoms with E-state index in [0.717, 1.165) is 44.0 Å². The van der Waals surface area contributed by atoms with Crippen LogP contribution in [-0.2, 0) is 11.3 Å². The van der Waals surface area contributed by atoms with E-state index in [2.05, 4.69) is 15.2 Å². The molecule has 1 unspecified atom stereocenters. The third-order valence-corrected chi connectivity index (χ3v) is 7.80. The van der Waals surface area contributed by atoms with Crippen molar-refractivity contribution < 1.29 is 13.6 Å². The van der Waals surface area contributed by atoms with Crippen molar-refractivity contribution in [3.63, 3.8) is 0 Å². The highest BCUT2D eigenvalue weighted by molar-refractivity contribution is 5.82. The second-order valence-electron chi connectivity index (χ2n) is 9.89. The minimum Gasteiger partial charge on any atom is -0.273 e. The van der Waals surface area contributed by atoms with Crippen LogP contribution in [0.1, 0.15) is 67.7 Å². The van der Waals surface area contributed by atoms with E-state index in [1.54, 1.807) is 6.21 Å². The Kier molecular flexibility index (Phi) is 4.78. The SMILES string of the molecule is N#Cc1nc(C2CC2)n(C[C@@H]2C[C@H](C(=O)N3N=CCC3c3cc(F)cc(F)c3)C3CC2C3)n1. The summed E-state index contributed by atoms with van der Waals surface area (Å²) in [6, 6.07) is 4.97. The number of hydrogen-bond donors (Lipinski definition) is 0. The standard InChI is InChI=1S/C24H24F2N6O/c25-18-7-16(8-19(26)10-18)21-3-4-28-32(21)24(33)20-9-17(14-5-15(20)6-14)12-31-23(13-1-2-13)29-22(11-27)30-31/h4,7-8,10,13-15,17,20-21H,1-3,5-6,9,12H2/t14?,15?,17-,20-,21?/m0/s1. The van der Waals surface area contributed by atoms with Gasteiger partial charge in [0.15, 0.2) is 0 Å². The van der Waals surface area contributed by atoms with Crippen LogP contribution in [0.2, 0.25) is 0 Å². The summed E-state index contributed by atoms with van der Waals surface area (Å²) >= 11 is 0. The quantitative estimate of drug-likeness (QED) is 0.691. The molecule has 0 saturated heterocycles. The zero-order valence-corrected chi connectivity index (χ0v) is 18.1. The van der Waals surface area contributed by atoms with Gasteiger partial charge in [-0.15, -0.1) is 5.10 Å². The topological polar surface area (TPSA) is 87.2 Å². The molecule has 1 aromatic carbocycles. The number of nitrogens with zero attached hydrogens (tertiary/aromatic N) is 6. The Bertz CT molecular complexity index is 1160. The molecule has 1 aromatic heterocycles. The van der Waals surface area contributed by atoms with E-state index in [0.29, 0.717) is 36.3 Å². The van der Waals surface area contributed by atoms with Crippen molar-refractivity contribution in [2.24, 2.45) is 28.8 Å². The van der Waals surface area contributed by atoms with Crippen molar-refractivity contribution in [2.75, 3.05) is 0 Å². The van der Waals surface area contributed by atoms with Crippen molar-refractivity contribution in [3.8, 4) is 6.07 Å². The maximum Gasteiger partial charge on any atom is 0.252 e. The fraction of sp³-hybridized carbons (Fsp3) is 0.542. The molecule has 9 heteroatoms. The number of nitriles is 1. The number of hydrogen-bond acceptors (Lipinski definition) is 5. The molecule has 1 amide bonds. The zero-order chi connectivity index (χ0) is 22.7. The fourth-order valence-corrected chi connectivity index (χ4v) is 5.90. The van der Waals surface area contributed by atoms with Crippen LogP contribution in [0.25, 0.3) is 0 Å². The Balaban J connectivity index is 1.20. The summed E-state index contributed by atoms with van der Waals surface area (Å²) in [5.74, 6) is 1.12. The van der Waals surface area contributed by atoms with Crippen LogP contribution in [-0.4, -0.2) is 31.9 Å². The van der Waals surface area contributed by atoms with Gasteiger partial charge in [0.25, 0.3) is 5.82 Å². The smallest absolute Gasteiger partial charge is 0.252 e. The van der Waals surface area contributed by atoms with Crippen molar-refractivity contribution in [1.29, 1.82) is 5.26 Å². The van der Waals surface area contributed by atoms with Gasteiger partial charge in [0.1, 0.15) is 23.5 Å². The molecule has 3 atom stereocenters. The molecule has 5 aliphatic rings. The first-order valence-corrected chi connectivity index (χ1v) is 11.7. The summed E-state index contributed by atoms with van der Waals surface area (Å²) in [7, 11) is 0. The normalized spacial score (nSPS) is 30.2. The molecule has 33 heavy (non-hydrogen) atoms. The minimum absolute atomic E-state index is 0.0645. The van der Waals surface area contributed by atoms with Crippen LogP contribution >= 0.6 is 0 Å². The van der Waals surface area contributed by atoms with Gasteiger partial charge in [0, 0.05) is 37.1 Å². The number of halogens is 2. The summed E-state index contributed by atoms with van der Waals surface area (Å²) in [4.78, 5) is 18.0. The molecule has 2 aromatic rings. The first kappa shape index (κ1) is 20.5. The zero-order valence-electron chi connectivity index (χ0n) is 18.1. The molecule has 0 spiro atoms. The summed E-state index contributed by atoms with van der Waals surface area (Å²) < 4.78 is 29.5. The molecular weight excluding hydrogens is 426 g/mol.